The van der Waals surface area contributed by atoms with E-state index in [2.05, 4.69) is 10.3 Å². The van der Waals surface area contributed by atoms with Crippen molar-refractivity contribution in [3.63, 3.8) is 0 Å². The molecule has 7 heteroatoms. The summed E-state index contributed by atoms with van der Waals surface area (Å²) in [5.41, 5.74) is 2.13. The number of para-hydroxylation sites is 2. The van der Waals surface area contributed by atoms with Gasteiger partial charge in [0.1, 0.15) is 18.5 Å². The molecule has 0 radical (unpaired) electrons. The molecule has 1 unspecified atom stereocenters. The third-order valence-electron chi connectivity index (χ3n) is 4.03. The first-order valence-corrected chi connectivity index (χ1v) is 8.18. The molecule has 0 saturated heterocycles. The summed E-state index contributed by atoms with van der Waals surface area (Å²) in [6.07, 6.45) is -0.781. The first-order valence-electron chi connectivity index (χ1n) is 8.18. The van der Waals surface area contributed by atoms with Crippen molar-refractivity contribution >= 4 is 22.6 Å². The van der Waals surface area contributed by atoms with Crippen LogP contribution in [0.1, 0.15) is 18.9 Å². The zero-order chi connectivity index (χ0) is 18.7. The number of aliphatic hydroxyl groups excluding tert-OH is 1. The summed E-state index contributed by atoms with van der Waals surface area (Å²) in [5, 5.41) is 12.8. The number of nitrogens with one attached hydrogen (secondary N) is 1. The van der Waals surface area contributed by atoms with Gasteiger partial charge in [0.2, 0.25) is 5.91 Å². The number of anilines is 1. The van der Waals surface area contributed by atoms with Crippen molar-refractivity contribution in [1.29, 1.82) is 0 Å². The Labute approximate surface area is 151 Å². The number of imidazole rings is 1. The summed E-state index contributed by atoms with van der Waals surface area (Å²) in [5.74, 6) is 1.33. The second-order valence-electron chi connectivity index (χ2n) is 5.84. The topological polar surface area (TPSA) is 85.6 Å². The first-order chi connectivity index (χ1) is 12.5. The number of amides is 1. The molecule has 0 aliphatic rings. The van der Waals surface area contributed by atoms with Crippen molar-refractivity contribution in [2.45, 2.75) is 19.6 Å². The Morgan fingerprint density at radius 2 is 1.92 bits per heavy atom. The summed E-state index contributed by atoms with van der Waals surface area (Å²) in [6.45, 7) is 1.67. The molecule has 3 aromatic rings. The van der Waals surface area contributed by atoms with Gasteiger partial charge in [-0.1, -0.05) is 12.1 Å². The highest BCUT2D eigenvalue weighted by Crippen LogP contribution is 2.29. The predicted octanol–water partition coefficient (Wildman–Crippen LogP) is 2.75. The van der Waals surface area contributed by atoms with E-state index in [1.54, 1.807) is 36.8 Å². The summed E-state index contributed by atoms with van der Waals surface area (Å²) < 4.78 is 12.2. The van der Waals surface area contributed by atoms with E-state index in [0.29, 0.717) is 23.0 Å². The van der Waals surface area contributed by atoms with E-state index in [9.17, 15) is 9.90 Å². The van der Waals surface area contributed by atoms with Crippen LogP contribution in [0, 0.1) is 0 Å². The molecule has 0 saturated carbocycles. The van der Waals surface area contributed by atoms with Crippen LogP contribution in [-0.4, -0.2) is 34.8 Å². The number of nitrogens with zero attached hydrogens (tertiary/aromatic N) is 2. The van der Waals surface area contributed by atoms with Gasteiger partial charge in [0.15, 0.2) is 11.5 Å². The normalized spacial score (nSPS) is 12.0. The fourth-order valence-corrected chi connectivity index (χ4v) is 2.84. The Balaban J connectivity index is 1.85. The zero-order valence-electron chi connectivity index (χ0n) is 14.9. The lowest BCUT2D eigenvalue weighted by molar-refractivity contribution is -0.116. The van der Waals surface area contributed by atoms with E-state index in [1.807, 2.05) is 24.3 Å². The molecule has 0 fully saturated rings. The van der Waals surface area contributed by atoms with Crippen LogP contribution in [0.4, 0.5) is 5.69 Å². The van der Waals surface area contributed by atoms with E-state index in [1.165, 1.54) is 7.11 Å². The van der Waals surface area contributed by atoms with Crippen molar-refractivity contribution in [3.8, 4) is 11.5 Å². The largest absolute Gasteiger partial charge is 0.493 e. The number of carbonyl (C=O) groups is 1. The van der Waals surface area contributed by atoms with Gasteiger partial charge in [-0.3, -0.25) is 4.79 Å². The van der Waals surface area contributed by atoms with Crippen LogP contribution >= 0.6 is 0 Å². The van der Waals surface area contributed by atoms with Gasteiger partial charge in [0.05, 0.1) is 25.3 Å². The Hall–Kier alpha value is -3.06. The average Bonchev–Trinajstić information content (AvgIpc) is 3.00. The van der Waals surface area contributed by atoms with Crippen LogP contribution in [0.25, 0.3) is 11.0 Å². The molecule has 2 N–H and O–H groups in total. The number of fused-ring (bicyclic) bond motifs is 1. The highest BCUT2D eigenvalue weighted by atomic mass is 16.5. The molecule has 26 heavy (non-hydrogen) atoms. The van der Waals surface area contributed by atoms with Gasteiger partial charge in [-0.25, -0.2) is 4.98 Å². The quantitative estimate of drug-likeness (QED) is 0.710. The fraction of sp³-hybridized carbons (Fsp3) is 0.263. The van der Waals surface area contributed by atoms with Crippen LogP contribution in [0.15, 0.2) is 42.5 Å². The third-order valence-corrected chi connectivity index (χ3v) is 4.03. The predicted molar refractivity (Wildman–Crippen MR) is 98.5 cm³/mol. The second kappa shape index (κ2) is 7.45. The lowest BCUT2D eigenvalue weighted by Crippen LogP contribution is -2.20. The second-order valence-corrected chi connectivity index (χ2v) is 5.84. The Kier molecular flexibility index (Phi) is 5.09. The highest BCUT2D eigenvalue weighted by molar-refractivity contribution is 5.92. The Morgan fingerprint density at radius 3 is 2.62 bits per heavy atom. The molecule has 1 amide bonds. The van der Waals surface area contributed by atoms with Gasteiger partial charge in [-0.2, -0.15) is 0 Å². The standard InChI is InChI=1S/C19H21N3O4/c1-12(23)19-21-14-6-4-5-7-15(14)22(19)11-18(24)20-13-8-9-16(25-2)17(10-13)26-3/h4-10,12,23H,11H2,1-3H3,(H,20,24). The van der Waals surface area contributed by atoms with Gasteiger partial charge < -0.3 is 24.5 Å². The van der Waals surface area contributed by atoms with Gasteiger partial charge in [0.25, 0.3) is 0 Å². The number of aromatic nitrogens is 2. The molecule has 1 heterocycles. The summed E-state index contributed by atoms with van der Waals surface area (Å²) >= 11 is 0. The molecule has 0 bridgehead atoms. The van der Waals surface area contributed by atoms with Crippen molar-refractivity contribution < 1.29 is 19.4 Å². The number of methoxy groups -OCH3 is 2. The maximum atomic E-state index is 12.5. The molecule has 136 valence electrons. The SMILES string of the molecule is COc1ccc(NC(=O)Cn2c(C(C)O)nc3ccccc32)cc1OC. The zero-order valence-corrected chi connectivity index (χ0v) is 14.9. The Bertz CT molecular complexity index is 934. The van der Waals surface area contributed by atoms with E-state index in [-0.39, 0.29) is 12.5 Å². The third kappa shape index (κ3) is 3.48. The smallest absolute Gasteiger partial charge is 0.244 e. The summed E-state index contributed by atoms with van der Waals surface area (Å²) in [7, 11) is 3.09. The van der Waals surface area contributed by atoms with Crippen LogP contribution in [0.2, 0.25) is 0 Å². The van der Waals surface area contributed by atoms with E-state index in [0.717, 1.165) is 11.0 Å². The minimum Gasteiger partial charge on any atom is -0.493 e. The van der Waals surface area contributed by atoms with E-state index in [4.69, 9.17) is 9.47 Å². The number of aliphatic hydroxyl groups is 1. The number of carbonyl (C=O) groups excluding carboxylic acids is 1. The van der Waals surface area contributed by atoms with Crippen molar-refractivity contribution in [1.82, 2.24) is 9.55 Å². The molecular weight excluding hydrogens is 334 g/mol. The lowest BCUT2D eigenvalue weighted by atomic mass is 10.2. The summed E-state index contributed by atoms with van der Waals surface area (Å²) in [6, 6.07) is 12.6. The number of ether oxygens (including phenoxy) is 2. The van der Waals surface area contributed by atoms with Crippen molar-refractivity contribution in [2.24, 2.45) is 0 Å². The maximum absolute atomic E-state index is 12.5. The Morgan fingerprint density at radius 1 is 1.19 bits per heavy atom. The average molecular weight is 355 g/mol. The molecular formula is C19H21N3O4. The molecule has 7 nitrogen and oxygen atoms in total. The number of hydrogen-bond donors (Lipinski definition) is 2. The van der Waals surface area contributed by atoms with E-state index < -0.39 is 6.10 Å². The maximum Gasteiger partial charge on any atom is 0.244 e. The number of benzene rings is 2. The lowest BCUT2D eigenvalue weighted by Gasteiger charge is -2.13. The summed E-state index contributed by atoms with van der Waals surface area (Å²) in [4.78, 5) is 17.0. The monoisotopic (exact) mass is 355 g/mol. The van der Waals surface area contributed by atoms with Crippen LogP contribution in [0.3, 0.4) is 0 Å². The molecule has 3 rings (SSSR count). The highest BCUT2D eigenvalue weighted by Gasteiger charge is 2.17. The molecule has 0 aliphatic heterocycles. The van der Waals surface area contributed by atoms with Crippen LogP contribution in [-0.2, 0) is 11.3 Å². The molecule has 2 aromatic carbocycles. The van der Waals surface area contributed by atoms with Crippen LogP contribution in [0.5, 0.6) is 11.5 Å². The van der Waals surface area contributed by atoms with Crippen LogP contribution < -0.4 is 14.8 Å². The molecule has 1 atom stereocenters. The van der Waals surface area contributed by atoms with Crippen molar-refractivity contribution in [3.05, 3.63) is 48.3 Å². The molecule has 1 aromatic heterocycles. The van der Waals surface area contributed by atoms with Gasteiger partial charge >= 0.3 is 0 Å². The molecule has 0 spiro atoms. The van der Waals surface area contributed by atoms with Gasteiger partial charge in [-0.05, 0) is 31.2 Å². The molecule has 0 aliphatic carbocycles. The van der Waals surface area contributed by atoms with Gasteiger partial charge in [-0.15, -0.1) is 0 Å². The number of hydrogen-bond acceptors (Lipinski definition) is 5. The first kappa shape index (κ1) is 17.8. The van der Waals surface area contributed by atoms with Gasteiger partial charge in [0, 0.05) is 11.8 Å². The van der Waals surface area contributed by atoms with E-state index >= 15 is 0 Å². The minimum atomic E-state index is -0.781. The minimum absolute atomic E-state index is 0.0368. The fourth-order valence-electron chi connectivity index (χ4n) is 2.84. The number of rotatable bonds is 6. The van der Waals surface area contributed by atoms with Crippen molar-refractivity contribution in [2.75, 3.05) is 19.5 Å².